The van der Waals surface area contributed by atoms with Gasteiger partial charge >= 0.3 is 0 Å². The van der Waals surface area contributed by atoms with Crippen molar-refractivity contribution in [2.45, 2.75) is 26.2 Å². The zero-order valence-corrected chi connectivity index (χ0v) is 5.35. The van der Waals surface area contributed by atoms with Gasteiger partial charge < -0.3 is 0 Å². The lowest BCUT2D eigenvalue weighted by molar-refractivity contribution is 0.589. The second kappa shape index (κ2) is 4.64. The minimum atomic E-state index is 0.352. The van der Waals surface area contributed by atoms with E-state index in [0.29, 0.717) is 12.3 Å². The molecule has 0 aliphatic carbocycles. The van der Waals surface area contributed by atoms with Crippen LogP contribution < -0.4 is 0 Å². The van der Waals surface area contributed by atoms with Gasteiger partial charge in [0, 0.05) is 6.42 Å². The highest BCUT2D eigenvalue weighted by Crippen LogP contribution is 2.06. The fraction of sp³-hybridized carbons (Fsp3) is 0.714. The normalized spacial score (nSPS) is 12.6. The molecule has 0 aliphatic rings. The predicted octanol–water partition coefficient (Wildman–Crippen LogP) is 2.15. The third-order valence-electron chi connectivity index (χ3n) is 1.08. The van der Waals surface area contributed by atoms with Gasteiger partial charge in [0.05, 0.1) is 6.07 Å². The fourth-order valence-electron chi connectivity index (χ4n) is 0.639. The molecular formula is C7H12N. The summed E-state index contributed by atoms with van der Waals surface area (Å²) < 4.78 is 0. The number of nitriles is 1. The number of nitrogens with zero attached hydrogens (tertiary/aromatic N) is 1. The van der Waals surface area contributed by atoms with E-state index < -0.39 is 0 Å². The highest BCUT2D eigenvalue weighted by molar-refractivity contribution is 4.76. The molecule has 8 heavy (non-hydrogen) atoms. The van der Waals surface area contributed by atoms with Crippen molar-refractivity contribution < 1.29 is 0 Å². The largest absolute Gasteiger partial charge is 0.198 e. The first kappa shape index (κ1) is 7.49. The summed E-state index contributed by atoms with van der Waals surface area (Å²) in [6.07, 6.45) is 2.82. The van der Waals surface area contributed by atoms with Crippen LogP contribution in [-0.2, 0) is 0 Å². The smallest absolute Gasteiger partial charge is 0.0624 e. The lowest BCUT2D eigenvalue weighted by Gasteiger charge is -2.00. The lowest BCUT2D eigenvalue weighted by atomic mass is 10.0. The maximum Gasteiger partial charge on any atom is 0.0624 e. The average Bonchev–Trinajstić information content (AvgIpc) is 1.68. The first-order chi connectivity index (χ1) is 3.81. The summed E-state index contributed by atoms with van der Waals surface area (Å²) in [6.45, 7) is 5.90. The van der Waals surface area contributed by atoms with Crippen LogP contribution in [0.15, 0.2) is 0 Å². The fourth-order valence-corrected chi connectivity index (χ4v) is 0.639. The Balaban J connectivity index is 3.08. The highest BCUT2D eigenvalue weighted by atomic mass is 14.2. The van der Waals surface area contributed by atoms with E-state index in [4.69, 9.17) is 5.26 Å². The van der Waals surface area contributed by atoms with Crippen molar-refractivity contribution in [3.63, 3.8) is 0 Å². The topological polar surface area (TPSA) is 23.8 Å². The second-order valence-corrected chi connectivity index (χ2v) is 2.02. The van der Waals surface area contributed by atoms with Crippen LogP contribution in [0.5, 0.6) is 0 Å². The molecule has 0 aromatic carbocycles. The third kappa shape index (κ3) is 3.67. The molecule has 1 atom stereocenters. The lowest BCUT2D eigenvalue weighted by Crippen LogP contribution is -1.90. The quantitative estimate of drug-likeness (QED) is 0.546. The van der Waals surface area contributed by atoms with Crippen LogP contribution in [0.1, 0.15) is 26.2 Å². The zero-order valence-electron chi connectivity index (χ0n) is 5.35. The monoisotopic (exact) mass is 110 g/mol. The average molecular weight is 110 g/mol. The predicted molar refractivity (Wildman–Crippen MR) is 34.0 cm³/mol. The second-order valence-electron chi connectivity index (χ2n) is 2.02. The van der Waals surface area contributed by atoms with E-state index in [9.17, 15) is 0 Å². The van der Waals surface area contributed by atoms with E-state index in [1.165, 1.54) is 0 Å². The molecule has 45 valence electrons. The maximum absolute atomic E-state index is 8.17. The van der Waals surface area contributed by atoms with Gasteiger partial charge in [-0.15, -0.1) is 0 Å². The van der Waals surface area contributed by atoms with E-state index in [1.54, 1.807) is 0 Å². The van der Waals surface area contributed by atoms with Crippen LogP contribution in [0.25, 0.3) is 0 Å². The molecule has 0 saturated carbocycles. The summed E-state index contributed by atoms with van der Waals surface area (Å²) >= 11 is 0. The molecule has 0 spiro atoms. The molecule has 0 fully saturated rings. The van der Waals surface area contributed by atoms with E-state index in [1.807, 2.05) is 0 Å². The number of hydrogen-bond acceptors (Lipinski definition) is 1. The molecule has 0 amide bonds. The van der Waals surface area contributed by atoms with Crippen LogP contribution >= 0.6 is 0 Å². The van der Waals surface area contributed by atoms with Crippen molar-refractivity contribution >= 4 is 0 Å². The van der Waals surface area contributed by atoms with Crippen molar-refractivity contribution in [3.8, 4) is 6.07 Å². The van der Waals surface area contributed by atoms with Crippen LogP contribution in [-0.4, -0.2) is 0 Å². The van der Waals surface area contributed by atoms with Gasteiger partial charge in [-0.2, -0.15) is 5.26 Å². The number of rotatable bonds is 3. The third-order valence-corrected chi connectivity index (χ3v) is 1.08. The van der Waals surface area contributed by atoms with E-state index in [-0.39, 0.29) is 0 Å². The maximum atomic E-state index is 8.17. The van der Waals surface area contributed by atoms with Crippen molar-refractivity contribution in [1.29, 1.82) is 5.26 Å². The van der Waals surface area contributed by atoms with Crippen LogP contribution in [0.3, 0.4) is 0 Å². The summed E-state index contributed by atoms with van der Waals surface area (Å²) in [7, 11) is 0. The molecule has 1 nitrogen and oxygen atoms in total. The van der Waals surface area contributed by atoms with Gasteiger partial charge in [0.1, 0.15) is 0 Å². The molecule has 0 aromatic rings. The number of hydrogen-bond donors (Lipinski definition) is 0. The Morgan fingerprint density at radius 1 is 1.75 bits per heavy atom. The Morgan fingerprint density at radius 3 is 2.75 bits per heavy atom. The zero-order chi connectivity index (χ0) is 6.41. The van der Waals surface area contributed by atoms with Crippen LogP contribution in [0.4, 0.5) is 0 Å². The Bertz CT molecular complexity index is 80.9. The van der Waals surface area contributed by atoms with Gasteiger partial charge in [0.2, 0.25) is 0 Å². The molecule has 0 heterocycles. The Kier molecular flexibility index (Phi) is 4.35. The molecular weight excluding hydrogens is 98.1 g/mol. The van der Waals surface area contributed by atoms with Gasteiger partial charge in [-0.3, -0.25) is 0 Å². The van der Waals surface area contributed by atoms with Crippen LogP contribution in [0, 0.1) is 24.2 Å². The molecule has 0 bridgehead atoms. The summed E-state index contributed by atoms with van der Waals surface area (Å²) in [5, 5.41) is 8.17. The molecule has 1 radical (unpaired) electrons. The van der Waals surface area contributed by atoms with Gasteiger partial charge in [-0.25, -0.2) is 0 Å². The molecule has 0 aromatic heterocycles. The Hall–Kier alpha value is -0.510. The molecule has 0 N–H and O–H groups in total. The van der Waals surface area contributed by atoms with Gasteiger partial charge in [0.25, 0.3) is 0 Å². The van der Waals surface area contributed by atoms with Crippen molar-refractivity contribution in [1.82, 2.24) is 0 Å². The first-order valence-electron chi connectivity index (χ1n) is 3.01. The summed E-state index contributed by atoms with van der Waals surface area (Å²) in [4.78, 5) is 0. The molecule has 0 aliphatic heterocycles. The molecule has 0 rings (SSSR count). The van der Waals surface area contributed by atoms with Gasteiger partial charge in [0.15, 0.2) is 0 Å². The minimum absolute atomic E-state index is 0.352. The van der Waals surface area contributed by atoms with E-state index in [0.717, 1.165) is 12.8 Å². The highest BCUT2D eigenvalue weighted by Gasteiger charge is 1.96. The SMILES string of the molecule is [CH2]C(CC#N)CCC. The minimum Gasteiger partial charge on any atom is -0.198 e. The van der Waals surface area contributed by atoms with Gasteiger partial charge in [-0.1, -0.05) is 13.3 Å². The molecule has 0 saturated heterocycles. The van der Waals surface area contributed by atoms with E-state index >= 15 is 0 Å². The van der Waals surface area contributed by atoms with Crippen molar-refractivity contribution in [3.05, 3.63) is 6.92 Å². The van der Waals surface area contributed by atoms with Crippen molar-refractivity contribution in [2.24, 2.45) is 5.92 Å². The summed E-state index contributed by atoms with van der Waals surface area (Å²) in [5.41, 5.74) is 0. The van der Waals surface area contributed by atoms with Crippen LogP contribution in [0.2, 0.25) is 0 Å². The van der Waals surface area contributed by atoms with E-state index in [2.05, 4.69) is 19.9 Å². The standard InChI is InChI=1S/C7H12N/c1-3-4-7(2)5-6-8/h7H,2-5H2,1H3. The Labute approximate surface area is 51.3 Å². The summed E-state index contributed by atoms with van der Waals surface area (Å²) in [5.74, 6) is 0.352. The van der Waals surface area contributed by atoms with Gasteiger partial charge in [-0.05, 0) is 19.3 Å². The summed E-state index contributed by atoms with van der Waals surface area (Å²) in [6, 6.07) is 2.09. The molecule has 1 heteroatoms. The first-order valence-corrected chi connectivity index (χ1v) is 3.01. The van der Waals surface area contributed by atoms with Crippen molar-refractivity contribution in [2.75, 3.05) is 0 Å². The molecule has 1 unspecified atom stereocenters. The Morgan fingerprint density at radius 2 is 2.38 bits per heavy atom.